The predicted octanol–water partition coefficient (Wildman–Crippen LogP) is 2.23. The van der Waals surface area contributed by atoms with Crippen LogP contribution in [0.4, 0.5) is 0 Å². The van der Waals surface area contributed by atoms with Crippen LogP contribution in [0, 0.1) is 0 Å². The predicted molar refractivity (Wildman–Crippen MR) is 88.7 cm³/mol. The van der Waals surface area contributed by atoms with Gasteiger partial charge in [-0.15, -0.1) is 0 Å². The van der Waals surface area contributed by atoms with E-state index in [-0.39, 0.29) is 17.4 Å². The summed E-state index contributed by atoms with van der Waals surface area (Å²) in [5.74, 6) is -2.20. The number of rotatable bonds is 12. The van der Waals surface area contributed by atoms with Gasteiger partial charge in [0.05, 0.1) is 19.5 Å². The molecule has 0 amide bonds. The number of quaternary nitrogens is 1. The molecule has 2 unspecified atom stereocenters. The molecule has 1 N–H and O–H groups in total. The minimum Gasteiger partial charge on any atom is -0.481 e. The summed E-state index contributed by atoms with van der Waals surface area (Å²) < 4.78 is 10.7. The third-order valence-electron chi connectivity index (χ3n) is 4.03. The quantitative estimate of drug-likeness (QED) is 0.253. The van der Waals surface area contributed by atoms with E-state index in [0.717, 1.165) is 25.0 Å². The summed E-state index contributed by atoms with van der Waals surface area (Å²) in [5, 5.41) is 9.06. The summed E-state index contributed by atoms with van der Waals surface area (Å²) in [7, 11) is 0. The number of esters is 2. The van der Waals surface area contributed by atoms with Crippen molar-refractivity contribution in [1.82, 2.24) is 0 Å². The fourth-order valence-electron chi connectivity index (χ4n) is 2.53. The van der Waals surface area contributed by atoms with E-state index < -0.39 is 30.4 Å². The van der Waals surface area contributed by atoms with E-state index in [4.69, 9.17) is 14.6 Å². The molecular formula is C17H28NO6+. The highest BCUT2D eigenvalue weighted by Crippen LogP contribution is 2.24. The van der Waals surface area contributed by atoms with E-state index in [9.17, 15) is 14.4 Å². The first-order chi connectivity index (χ1) is 11.2. The Morgan fingerprint density at radius 3 is 1.83 bits per heavy atom. The van der Waals surface area contributed by atoms with E-state index in [1.54, 1.807) is 13.8 Å². The molecule has 0 aliphatic carbocycles. The van der Waals surface area contributed by atoms with Crippen molar-refractivity contribution in [3.63, 3.8) is 0 Å². The lowest BCUT2D eigenvalue weighted by Crippen LogP contribution is -2.63. The number of nitrogens with zero attached hydrogens (tertiary/aromatic N) is 1. The maximum absolute atomic E-state index is 11.6. The van der Waals surface area contributed by atoms with Crippen molar-refractivity contribution in [1.29, 1.82) is 0 Å². The molecule has 2 atom stereocenters. The van der Waals surface area contributed by atoms with Crippen LogP contribution >= 0.6 is 0 Å². The van der Waals surface area contributed by atoms with Crippen molar-refractivity contribution in [2.75, 3.05) is 13.1 Å². The second-order valence-corrected chi connectivity index (χ2v) is 5.53. The van der Waals surface area contributed by atoms with E-state index in [2.05, 4.69) is 13.2 Å². The van der Waals surface area contributed by atoms with Gasteiger partial charge in [0.1, 0.15) is 0 Å². The van der Waals surface area contributed by atoms with Crippen molar-refractivity contribution in [3.05, 3.63) is 25.3 Å². The average Bonchev–Trinajstić information content (AvgIpc) is 2.54. The molecule has 0 spiro atoms. The number of ether oxygens (including phenoxy) is 2. The summed E-state index contributed by atoms with van der Waals surface area (Å²) in [5.41, 5.74) is 0. The molecule has 0 fully saturated rings. The Labute approximate surface area is 143 Å². The smallest absolute Gasteiger partial charge is 0.334 e. The first kappa shape index (κ1) is 21.9. The molecule has 7 heteroatoms. The molecule has 0 aromatic rings. The van der Waals surface area contributed by atoms with E-state index in [1.165, 1.54) is 0 Å². The van der Waals surface area contributed by atoms with Gasteiger partial charge in [0, 0.05) is 26.0 Å². The maximum atomic E-state index is 11.6. The molecular weight excluding hydrogens is 314 g/mol. The van der Waals surface area contributed by atoms with Gasteiger partial charge in [0.2, 0.25) is 12.5 Å². The van der Waals surface area contributed by atoms with E-state index >= 15 is 0 Å². The van der Waals surface area contributed by atoms with Gasteiger partial charge in [0.15, 0.2) is 0 Å². The molecule has 0 aromatic heterocycles. The number of unbranched alkanes of at least 4 members (excludes halogenated alkanes) is 1. The van der Waals surface area contributed by atoms with E-state index in [0.29, 0.717) is 6.54 Å². The SMILES string of the molecule is C=CC(=O)OC(C)[N+](CCCC)(CCC(=O)O)C(C)OC(=O)C=C. The topological polar surface area (TPSA) is 89.9 Å². The van der Waals surface area contributed by atoms with Crippen molar-refractivity contribution in [2.24, 2.45) is 0 Å². The van der Waals surface area contributed by atoms with Crippen LogP contribution in [0.25, 0.3) is 0 Å². The summed E-state index contributed by atoms with van der Waals surface area (Å²) in [6.45, 7) is 12.7. The van der Waals surface area contributed by atoms with Crippen molar-refractivity contribution >= 4 is 17.9 Å². The van der Waals surface area contributed by atoms with Gasteiger partial charge < -0.3 is 14.6 Å². The zero-order valence-corrected chi connectivity index (χ0v) is 14.7. The normalized spacial score (nSPS) is 15.5. The highest BCUT2D eigenvalue weighted by Gasteiger charge is 2.43. The van der Waals surface area contributed by atoms with Gasteiger partial charge in [-0.2, -0.15) is 0 Å². The van der Waals surface area contributed by atoms with Crippen LogP contribution < -0.4 is 0 Å². The Morgan fingerprint density at radius 2 is 1.50 bits per heavy atom. The molecule has 136 valence electrons. The van der Waals surface area contributed by atoms with Gasteiger partial charge in [-0.1, -0.05) is 26.5 Å². The van der Waals surface area contributed by atoms with Crippen LogP contribution in [-0.4, -0.2) is 53.0 Å². The zero-order chi connectivity index (χ0) is 18.8. The Bertz CT molecular complexity index is 446. The Kier molecular flexibility index (Phi) is 9.64. The molecule has 0 bridgehead atoms. The number of hydrogen-bond donors (Lipinski definition) is 1. The average molecular weight is 342 g/mol. The van der Waals surface area contributed by atoms with Crippen LogP contribution in [0.15, 0.2) is 25.3 Å². The molecule has 24 heavy (non-hydrogen) atoms. The Morgan fingerprint density at radius 1 is 1.04 bits per heavy atom. The molecule has 0 heterocycles. The number of hydrogen-bond acceptors (Lipinski definition) is 5. The minimum atomic E-state index is -0.974. The molecule has 0 aromatic carbocycles. The molecule has 0 saturated carbocycles. The third kappa shape index (κ3) is 6.54. The van der Waals surface area contributed by atoms with Crippen LogP contribution in [-0.2, 0) is 23.9 Å². The molecule has 0 aliphatic rings. The van der Waals surface area contributed by atoms with E-state index in [1.807, 2.05) is 6.92 Å². The third-order valence-corrected chi connectivity index (χ3v) is 4.03. The summed E-state index contributed by atoms with van der Waals surface area (Å²) >= 11 is 0. The number of carbonyl (C=O) groups is 3. The highest BCUT2D eigenvalue weighted by atomic mass is 16.6. The largest absolute Gasteiger partial charge is 0.481 e. The Hall–Kier alpha value is -2.15. The number of aliphatic carboxylic acids is 1. The van der Waals surface area contributed by atoms with Gasteiger partial charge in [-0.05, 0) is 6.42 Å². The second kappa shape index (κ2) is 10.6. The van der Waals surface area contributed by atoms with Crippen molar-refractivity contribution in [2.45, 2.75) is 52.5 Å². The first-order valence-electron chi connectivity index (χ1n) is 7.97. The number of carboxylic acids is 1. The lowest BCUT2D eigenvalue weighted by Gasteiger charge is -2.45. The van der Waals surface area contributed by atoms with Gasteiger partial charge in [-0.25, -0.2) is 9.59 Å². The van der Waals surface area contributed by atoms with Crippen molar-refractivity contribution < 1.29 is 33.4 Å². The van der Waals surface area contributed by atoms with Crippen LogP contribution in [0.1, 0.15) is 40.0 Å². The Balaban J connectivity index is 5.65. The van der Waals surface area contributed by atoms with Crippen LogP contribution in [0.5, 0.6) is 0 Å². The fraction of sp³-hybridized carbons (Fsp3) is 0.588. The standard InChI is InChI=1S/C17H27NO6/c1-6-9-11-18(12-10-15(19)20,13(4)23-16(21)7-2)14(5)24-17(22)8-3/h7-8,13-14H,2-3,6,9-12H2,1,4-5H3/p+1. The molecule has 0 radical (unpaired) electrons. The summed E-state index contributed by atoms with van der Waals surface area (Å²) in [6.07, 6.45) is 2.16. The maximum Gasteiger partial charge on any atom is 0.334 e. The lowest BCUT2D eigenvalue weighted by molar-refractivity contribution is -1.00. The van der Waals surface area contributed by atoms with Gasteiger partial charge in [0.25, 0.3) is 0 Å². The number of carbonyl (C=O) groups excluding carboxylic acids is 2. The summed E-state index contributed by atoms with van der Waals surface area (Å²) in [4.78, 5) is 34.2. The number of carboxylic acid groups (broad SMARTS) is 1. The summed E-state index contributed by atoms with van der Waals surface area (Å²) in [6, 6.07) is 0. The van der Waals surface area contributed by atoms with Gasteiger partial charge >= 0.3 is 17.9 Å². The minimum absolute atomic E-state index is 0.0132. The lowest BCUT2D eigenvalue weighted by atomic mass is 10.2. The first-order valence-corrected chi connectivity index (χ1v) is 7.97. The molecule has 0 saturated heterocycles. The van der Waals surface area contributed by atoms with Crippen LogP contribution in [0.3, 0.4) is 0 Å². The van der Waals surface area contributed by atoms with Gasteiger partial charge in [-0.3, -0.25) is 9.28 Å². The van der Waals surface area contributed by atoms with Crippen LogP contribution in [0.2, 0.25) is 0 Å². The zero-order valence-electron chi connectivity index (χ0n) is 14.7. The fourth-order valence-corrected chi connectivity index (χ4v) is 2.53. The monoisotopic (exact) mass is 342 g/mol. The highest BCUT2D eigenvalue weighted by molar-refractivity contribution is 5.81. The molecule has 7 nitrogen and oxygen atoms in total. The molecule has 0 rings (SSSR count). The van der Waals surface area contributed by atoms with Crippen molar-refractivity contribution in [3.8, 4) is 0 Å². The second-order valence-electron chi connectivity index (χ2n) is 5.53. The molecule has 0 aliphatic heterocycles.